The van der Waals surface area contributed by atoms with Gasteiger partial charge in [0, 0.05) is 0 Å². The van der Waals surface area contributed by atoms with Gasteiger partial charge in [0.25, 0.3) is 5.91 Å². The number of benzene rings is 1. The number of carboxylic acids is 1. The van der Waals surface area contributed by atoms with Crippen molar-refractivity contribution in [3.63, 3.8) is 0 Å². The smallest absolute Gasteiger partial charge is 0.371 e. The van der Waals surface area contributed by atoms with Gasteiger partial charge in [0.05, 0.1) is 18.2 Å². The number of para-hydroxylation sites is 1. The quantitative estimate of drug-likeness (QED) is 0.856. The van der Waals surface area contributed by atoms with Crippen LogP contribution in [0.3, 0.4) is 0 Å². The molecular weight excluding hydrogens is 286 g/mol. The number of amides is 1. The first-order valence-electron chi connectivity index (χ1n) is 6.83. The van der Waals surface area contributed by atoms with Crippen LogP contribution in [0, 0.1) is 0 Å². The van der Waals surface area contributed by atoms with Crippen LogP contribution < -0.4 is 10.1 Å². The zero-order chi connectivity index (χ0) is 16.1. The summed E-state index contributed by atoms with van der Waals surface area (Å²) in [4.78, 5) is 22.9. The summed E-state index contributed by atoms with van der Waals surface area (Å²) in [5.74, 6) is -0.751. The number of carboxylic acid groups (broad SMARTS) is 1. The lowest BCUT2D eigenvalue weighted by Gasteiger charge is -2.13. The van der Waals surface area contributed by atoms with E-state index in [1.54, 1.807) is 24.3 Å². The third-order valence-electron chi connectivity index (χ3n) is 2.79. The number of carbonyl (C=O) groups is 2. The van der Waals surface area contributed by atoms with Gasteiger partial charge in [-0.15, -0.1) is 0 Å². The standard InChI is InChI=1S/C16H17NO5/c1-10(2)21-13-6-4-3-5-12(13)15(18)17-9-11-7-8-14(22-11)16(19)20/h3-8,10H,9H2,1-2H3,(H,17,18)(H,19,20). The second-order valence-corrected chi connectivity index (χ2v) is 4.92. The zero-order valence-corrected chi connectivity index (χ0v) is 12.3. The Morgan fingerprint density at radius 2 is 1.95 bits per heavy atom. The summed E-state index contributed by atoms with van der Waals surface area (Å²) in [7, 11) is 0. The maximum absolute atomic E-state index is 12.2. The molecular formula is C16H17NO5. The lowest BCUT2D eigenvalue weighted by atomic mass is 10.2. The molecule has 0 aliphatic heterocycles. The lowest BCUT2D eigenvalue weighted by molar-refractivity contribution is 0.0660. The van der Waals surface area contributed by atoms with E-state index in [0.717, 1.165) is 0 Å². The summed E-state index contributed by atoms with van der Waals surface area (Å²) >= 11 is 0. The molecule has 0 aliphatic rings. The predicted molar refractivity (Wildman–Crippen MR) is 79.0 cm³/mol. The van der Waals surface area contributed by atoms with Crippen molar-refractivity contribution in [2.24, 2.45) is 0 Å². The van der Waals surface area contributed by atoms with Crippen LogP contribution in [0.5, 0.6) is 5.75 Å². The molecule has 2 aromatic rings. The van der Waals surface area contributed by atoms with Crippen molar-refractivity contribution in [3.8, 4) is 5.75 Å². The number of furan rings is 1. The highest BCUT2D eigenvalue weighted by Crippen LogP contribution is 2.19. The van der Waals surface area contributed by atoms with Crippen LogP contribution in [0.4, 0.5) is 0 Å². The van der Waals surface area contributed by atoms with Gasteiger partial charge < -0.3 is 19.6 Å². The third kappa shape index (κ3) is 3.88. The molecule has 2 rings (SSSR count). The monoisotopic (exact) mass is 303 g/mol. The number of hydrogen-bond acceptors (Lipinski definition) is 4. The fourth-order valence-electron chi connectivity index (χ4n) is 1.86. The van der Waals surface area contributed by atoms with Crippen molar-refractivity contribution >= 4 is 11.9 Å². The summed E-state index contributed by atoms with van der Waals surface area (Å²) in [6.07, 6.45) is -0.0443. The average molecular weight is 303 g/mol. The van der Waals surface area contributed by atoms with Gasteiger partial charge in [-0.05, 0) is 38.1 Å². The molecule has 1 heterocycles. The summed E-state index contributed by atoms with van der Waals surface area (Å²) in [6.45, 7) is 3.86. The normalized spacial score (nSPS) is 10.5. The maximum atomic E-state index is 12.2. The van der Waals surface area contributed by atoms with E-state index in [0.29, 0.717) is 17.1 Å². The Kier molecular flexibility index (Phi) is 4.83. The van der Waals surface area contributed by atoms with Gasteiger partial charge in [-0.2, -0.15) is 0 Å². The van der Waals surface area contributed by atoms with Crippen molar-refractivity contribution in [1.82, 2.24) is 5.32 Å². The lowest BCUT2D eigenvalue weighted by Crippen LogP contribution is -2.23. The number of hydrogen-bond donors (Lipinski definition) is 2. The van der Waals surface area contributed by atoms with E-state index in [9.17, 15) is 9.59 Å². The molecule has 1 aromatic heterocycles. The molecule has 6 heteroatoms. The summed E-state index contributed by atoms with van der Waals surface area (Å²) < 4.78 is 10.7. The molecule has 2 N–H and O–H groups in total. The Morgan fingerprint density at radius 3 is 2.59 bits per heavy atom. The van der Waals surface area contributed by atoms with E-state index < -0.39 is 5.97 Å². The van der Waals surface area contributed by atoms with E-state index in [1.807, 2.05) is 13.8 Å². The Hall–Kier alpha value is -2.76. The van der Waals surface area contributed by atoms with Crippen LogP contribution in [0.1, 0.15) is 40.5 Å². The molecule has 1 aromatic carbocycles. The molecule has 0 bridgehead atoms. The maximum Gasteiger partial charge on any atom is 0.371 e. The molecule has 6 nitrogen and oxygen atoms in total. The topological polar surface area (TPSA) is 88.8 Å². The first-order valence-corrected chi connectivity index (χ1v) is 6.83. The molecule has 0 saturated heterocycles. The van der Waals surface area contributed by atoms with E-state index in [2.05, 4.69) is 5.32 Å². The number of ether oxygens (including phenoxy) is 1. The van der Waals surface area contributed by atoms with Gasteiger partial charge in [-0.1, -0.05) is 12.1 Å². The Morgan fingerprint density at radius 1 is 1.23 bits per heavy atom. The number of rotatable bonds is 6. The molecule has 0 radical (unpaired) electrons. The van der Waals surface area contributed by atoms with E-state index in [4.69, 9.17) is 14.3 Å². The van der Waals surface area contributed by atoms with Gasteiger partial charge in [0.2, 0.25) is 5.76 Å². The molecule has 0 aliphatic carbocycles. The Balaban J connectivity index is 2.04. The van der Waals surface area contributed by atoms with Gasteiger partial charge in [-0.25, -0.2) is 4.79 Å². The van der Waals surface area contributed by atoms with Gasteiger partial charge in [0.15, 0.2) is 0 Å². The SMILES string of the molecule is CC(C)Oc1ccccc1C(=O)NCc1ccc(C(=O)O)o1. The van der Waals surface area contributed by atoms with Crippen LogP contribution in [0.2, 0.25) is 0 Å². The van der Waals surface area contributed by atoms with Gasteiger partial charge >= 0.3 is 5.97 Å². The van der Waals surface area contributed by atoms with Crippen LogP contribution >= 0.6 is 0 Å². The van der Waals surface area contributed by atoms with Gasteiger partial charge in [0.1, 0.15) is 11.5 Å². The number of nitrogens with one attached hydrogen (secondary N) is 1. The van der Waals surface area contributed by atoms with E-state index in [1.165, 1.54) is 12.1 Å². The summed E-state index contributed by atoms with van der Waals surface area (Å²) in [6, 6.07) is 9.79. The zero-order valence-electron chi connectivity index (χ0n) is 12.3. The van der Waals surface area contributed by atoms with Crippen molar-refractivity contribution in [2.75, 3.05) is 0 Å². The Bertz CT molecular complexity index is 675. The van der Waals surface area contributed by atoms with Crippen LogP contribution in [0.25, 0.3) is 0 Å². The number of aromatic carboxylic acids is 1. The molecule has 0 spiro atoms. The second kappa shape index (κ2) is 6.80. The largest absolute Gasteiger partial charge is 0.490 e. The van der Waals surface area contributed by atoms with Crippen LogP contribution in [0.15, 0.2) is 40.8 Å². The fraction of sp³-hybridized carbons (Fsp3) is 0.250. The Labute approximate surface area is 127 Å². The third-order valence-corrected chi connectivity index (χ3v) is 2.79. The summed E-state index contributed by atoms with van der Waals surface area (Å²) in [5.41, 5.74) is 0.418. The molecule has 0 saturated carbocycles. The average Bonchev–Trinajstić information content (AvgIpc) is 2.94. The van der Waals surface area contributed by atoms with E-state index in [-0.39, 0.29) is 24.3 Å². The molecule has 116 valence electrons. The highest BCUT2D eigenvalue weighted by molar-refractivity contribution is 5.96. The number of carbonyl (C=O) groups excluding carboxylic acids is 1. The molecule has 0 fully saturated rings. The first kappa shape index (κ1) is 15.6. The van der Waals surface area contributed by atoms with Crippen molar-refractivity contribution in [2.45, 2.75) is 26.5 Å². The van der Waals surface area contributed by atoms with Crippen LogP contribution in [-0.2, 0) is 6.54 Å². The minimum absolute atomic E-state index is 0.0443. The fourth-order valence-corrected chi connectivity index (χ4v) is 1.86. The molecule has 22 heavy (non-hydrogen) atoms. The minimum Gasteiger partial charge on any atom is -0.490 e. The van der Waals surface area contributed by atoms with Gasteiger partial charge in [-0.3, -0.25) is 4.79 Å². The molecule has 1 amide bonds. The highest BCUT2D eigenvalue weighted by atomic mass is 16.5. The first-order chi connectivity index (χ1) is 10.5. The minimum atomic E-state index is -1.15. The van der Waals surface area contributed by atoms with Crippen LogP contribution in [-0.4, -0.2) is 23.1 Å². The van der Waals surface area contributed by atoms with E-state index >= 15 is 0 Å². The second-order valence-electron chi connectivity index (χ2n) is 4.92. The molecule has 0 unspecified atom stereocenters. The van der Waals surface area contributed by atoms with Crippen molar-refractivity contribution in [1.29, 1.82) is 0 Å². The highest BCUT2D eigenvalue weighted by Gasteiger charge is 2.14. The molecule has 0 atom stereocenters. The predicted octanol–water partition coefficient (Wildman–Crippen LogP) is 2.70. The summed E-state index contributed by atoms with van der Waals surface area (Å²) in [5, 5.41) is 11.5. The van der Waals surface area contributed by atoms with Crippen molar-refractivity contribution < 1.29 is 23.8 Å². The van der Waals surface area contributed by atoms with Crippen molar-refractivity contribution in [3.05, 3.63) is 53.5 Å².